The summed E-state index contributed by atoms with van der Waals surface area (Å²) < 4.78 is 7.42. The number of fused-ring (bicyclic) bond motifs is 1. The second kappa shape index (κ2) is 8.85. The van der Waals surface area contributed by atoms with Gasteiger partial charge in [0.1, 0.15) is 0 Å². The molecule has 0 aliphatic carbocycles. The van der Waals surface area contributed by atoms with Gasteiger partial charge in [-0.2, -0.15) is 0 Å². The lowest BCUT2D eigenvalue weighted by Gasteiger charge is -2.07. The molecule has 0 spiro atoms. The minimum atomic E-state index is 0.760. The van der Waals surface area contributed by atoms with Gasteiger partial charge in [0.25, 0.3) is 0 Å². The van der Waals surface area contributed by atoms with Crippen LogP contribution in [0, 0.1) is 0 Å². The molecule has 0 unspecified atom stereocenters. The van der Waals surface area contributed by atoms with Gasteiger partial charge in [-0.25, -0.2) is 0 Å². The maximum Gasteiger partial charge on any atom is 0.0587 e. The molecular weight excluding hydrogens is 260 g/mol. The van der Waals surface area contributed by atoms with E-state index in [1.54, 1.807) is 7.11 Å². The summed E-state index contributed by atoms with van der Waals surface area (Å²) in [5.41, 5.74) is 2.69. The van der Waals surface area contributed by atoms with Crippen molar-refractivity contribution in [1.29, 1.82) is 0 Å². The van der Waals surface area contributed by atoms with Crippen LogP contribution in [0.4, 0.5) is 0 Å². The Morgan fingerprint density at radius 3 is 2.86 bits per heavy atom. The van der Waals surface area contributed by atoms with E-state index in [-0.39, 0.29) is 0 Å². The number of hydrogen-bond donors (Lipinski definition) is 1. The minimum absolute atomic E-state index is 0.760. The van der Waals surface area contributed by atoms with E-state index in [0.717, 1.165) is 26.2 Å². The molecule has 0 aliphatic heterocycles. The lowest BCUT2D eigenvalue weighted by Crippen LogP contribution is -2.18. The van der Waals surface area contributed by atoms with Gasteiger partial charge in [0.2, 0.25) is 0 Å². The third kappa shape index (κ3) is 4.87. The molecule has 1 heterocycles. The first-order valence-electron chi connectivity index (χ1n) is 8.12. The van der Waals surface area contributed by atoms with Crippen molar-refractivity contribution in [2.24, 2.45) is 0 Å². The number of unbranched alkanes of at least 4 members (excludes halogenated alkanes) is 3. The molecule has 0 radical (unpaired) electrons. The van der Waals surface area contributed by atoms with Gasteiger partial charge in [0, 0.05) is 38.5 Å². The molecule has 1 aromatic heterocycles. The van der Waals surface area contributed by atoms with Crippen LogP contribution < -0.4 is 5.32 Å². The second-order valence-corrected chi connectivity index (χ2v) is 5.63. The molecule has 0 bridgehead atoms. The van der Waals surface area contributed by atoms with Crippen molar-refractivity contribution in [1.82, 2.24) is 9.88 Å². The zero-order valence-corrected chi connectivity index (χ0v) is 13.4. The van der Waals surface area contributed by atoms with E-state index in [9.17, 15) is 0 Å². The average Bonchev–Trinajstić information content (AvgIpc) is 2.91. The number of hydrogen-bond acceptors (Lipinski definition) is 2. The topological polar surface area (TPSA) is 26.2 Å². The van der Waals surface area contributed by atoms with Gasteiger partial charge in [-0.05, 0) is 35.6 Å². The molecule has 116 valence electrons. The number of nitrogens with zero attached hydrogens (tertiary/aromatic N) is 1. The van der Waals surface area contributed by atoms with Crippen molar-refractivity contribution in [3.63, 3.8) is 0 Å². The van der Waals surface area contributed by atoms with E-state index in [1.807, 2.05) is 0 Å². The van der Waals surface area contributed by atoms with Crippen molar-refractivity contribution >= 4 is 10.9 Å². The predicted octanol–water partition coefficient (Wildman–Crippen LogP) is 3.96. The summed E-state index contributed by atoms with van der Waals surface area (Å²) in [6, 6.07) is 9.00. The van der Waals surface area contributed by atoms with Gasteiger partial charge in [0.05, 0.1) is 6.61 Å². The number of rotatable bonds is 10. The third-order valence-electron chi connectivity index (χ3n) is 3.90. The Balaban J connectivity index is 1.91. The van der Waals surface area contributed by atoms with Gasteiger partial charge in [-0.15, -0.1) is 0 Å². The molecule has 0 amide bonds. The Hall–Kier alpha value is -1.32. The first-order chi connectivity index (χ1) is 10.3. The summed E-state index contributed by atoms with van der Waals surface area (Å²) in [6.45, 7) is 5.95. The molecule has 0 saturated carbocycles. The summed E-state index contributed by atoms with van der Waals surface area (Å²) in [5.74, 6) is 0. The van der Waals surface area contributed by atoms with Crippen LogP contribution >= 0.6 is 0 Å². The molecule has 0 aliphatic rings. The van der Waals surface area contributed by atoms with Crippen molar-refractivity contribution in [3.05, 3.63) is 36.0 Å². The number of aryl methyl sites for hydroxylation is 1. The van der Waals surface area contributed by atoms with E-state index < -0.39 is 0 Å². The number of ether oxygens (including phenoxy) is 1. The first-order valence-corrected chi connectivity index (χ1v) is 8.12. The number of methoxy groups -OCH3 is 1. The molecule has 1 N–H and O–H groups in total. The van der Waals surface area contributed by atoms with Gasteiger partial charge >= 0.3 is 0 Å². The molecule has 0 atom stereocenters. The SMILES string of the molecule is CCCCCCn1ccc2cc(CNCCOC)ccc21. The van der Waals surface area contributed by atoms with Crippen LogP contribution in [0.2, 0.25) is 0 Å². The van der Waals surface area contributed by atoms with Gasteiger partial charge in [-0.1, -0.05) is 32.3 Å². The minimum Gasteiger partial charge on any atom is -0.383 e. The second-order valence-electron chi connectivity index (χ2n) is 5.63. The summed E-state index contributed by atoms with van der Waals surface area (Å²) in [7, 11) is 1.73. The Labute approximate surface area is 128 Å². The van der Waals surface area contributed by atoms with E-state index in [4.69, 9.17) is 4.74 Å². The highest BCUT2D eigenvalue weighted by atomic mass is 16.5. The summed E-state index contributed by atoms with van der Waals surface area (Å²) in [5, 5.41) is 4.73. The zero-order chi connectivity index (χ0) is 14.9. The largest absolute Gasteiger partial charge is 0.383 e. The van der Waals surface area contributed by atoms with Crippen LogP contribution in [-0.4, -0.2) is 24.8 Å². The van der Waals surface area contributed by atoms with Crippen LogP contribution in [0.3, 0.4) is 0 Å². The Morgan fingerprint density at radius 1 is 1.14 bits per heavy atom. The fraction of sp³-hybridized carbons (Fsp3) is 0.556. The number of aromatic nitrogens is 1. The number of benzene rings is 1. The van der Waals surface area contributed by atoms with Crippen molar-refractivity contribution < 1.29 is 4.74 Å². The van der Waals surface area contributed by atoms with E-state index in [0.29, 0.717) is 0 Å². The quantitative estimate of drug-likeness (QED) is 0.670. The smallest absolute Gasteiger partial charge is 0.0587 e. The standard InChI is InChI=1S/C18H28N2O/c1-3-4-5-6-11-20-12-9-17-14-16(7-8-18(17)20)15-19-10-13-21-2/h7-9,12,14,19H,3-6,10-11,13,15H2,1-2H3. The van der Waals surface area contributed by atoms with E-state index >= 15 is 0 Å². The molecule has 0 fully saturated rings. The third-order valence-corrected chi connectivity index (χ3v) is 3.90. The summed E-state index contributed by atoms with van der Waals surface area (Å²) in [4.78, 5) is 0. The molecule has 2 aromatic rings. The maximum absolute atomic E-state index is 5.04. The van der Waals surface area contributed by atoms with Crippen LogP contribution in [-0.2, 0) is 17.8 Å². The lowest BCUT2D eigenvalue weighted by molar-refractivity contribution is 0.199. The predicted molar refractivity (Wildman–Crippen MR) is 89.7 cm³/mol. The molecular formula is C18H28N2O. The highest BCUT2D eigenvalue weighted by Crippen LogP contribution is 2.18. The Kier molecular flexibility index (Phi) is 6.77. The lowest BCUT2D eigenvalue weighted by atomic mass is 10.1. The average molecular weight is 288 g/mol. The molecule has 3 nitrogen and oxygen atoms in total. The van der Waals surface area contributed by atoms with Crippen molar-refractivity contribution in [3.8, 4) is 0 Å². The van der Waals surface area contributed by atoms with Crippen molar-refractivity contribution in [2.75, 3.05) is 20.3 Å². The van der Waals surface area contributed by atoms with Gasteiger partial charge < -0.3 is 14.6 Å². The number of nitrogens with one attached hydrogen (secondary N) is 1. The highest BCUT2D eigenvalue weighted by molar-refractivity contribution is 5.80. The molecule has 3 heteroatoms. The van der Waals surface area contributed by atoms with Crippen LogP contribution in [0.15, 0.2) is 30.5 Å². The molecule has 2 rings (SSSR count). The fourth-order valence-corrected chi connectivity index (χ4v) is 2.67. The summed E-state index contributed by atoms with van der Waals surface area (Å²) >= 11 is 0. The highest BCUT2D eigenvalue weighted by Gasteiger charge is 2.02. The van der Waals surface area contributed by atoms with Crippen LogP contribution in [0.5, 0.6) is 0 Å². The van der Waals surface area contributed by atoms with Crippen LogP contribution in [0.25, 0.3) is 10.9 Å². The molecule has 0 saturated heterocycles. The Bertz CT molecular complexity index is 533. The Morgan fingerprint density at radius 2 is 2.05 bits per heavy atom. The van der Waals surface area contributed by atoms with E-state index in [1.165, 1.54) is 42.1 Å². The monoisotopic (exact) mass is 288 g/mol. The van der Waals surface area contributed by atoms with Crippen molar-refractivity contribution in [2.45, 2.75) is 45.7 Å². The van der Waals surface area contributed by atoms with Gasteiger partial charge in [0.15, 0.2) is 0 Å². The first kappa shape index (κ1) is 16.1. The molecule has 21 heavy (non-hydrogen) atoms. The van der Waals surface area contributed by atoms with Gasteiger partial charge in [-0.3, -0.25) is 0 Å². The van der Waals surface area contributed by atoms with E-state index in [2.05, 4.69) is 47.3 Å². The normalized spacial score (nSPS) is 11.3. The fourth-order valence-electron chi connectivity index (χ4n) is 2.67. The molecule has 1 aromatic carbocycles. The summed E-state index contributed by atoms with van der Waals surface area (Å²) in [6.07, 6.45) is 7.47. The zero-order valence-electron chi connectivity index (χ0n) is 13.4. The van der Waals surface area contributed by atoms with Crippen LogP contribution in [0.1, 0.15) is 38.2 Å². The maximum atomic E-state index is 5.04.